The average Bonchev–Trinajstić information content (AvgIpc) is 2.53. The third kappa shape index (κ3) is 7.21. The van der Waals surface area contributed by atoms with Crippen LogP contribution in [-0.2, 0) is 6.54 Å². The molecule has 0 bridgehead atoms. The van der Waals surface area contributed by atoms with Crippen LogP contribution in [0.1, 0.15) is 26.3 Å². The minimum absolute atomic E-state index is 0. The first-order valence-electron chi connectivity index (χ1n) is 7.85. The number of hydrogen-bond donors (Lipinski definition) is 2. The predicted octanol–water partition coefficient (Wildman–Crippen LogP) is 4.42. The van der Waals surface area contributed by atoms with Gasteiger partial charge in [-0.05, 0) is 51.1 Å². The van der Waals surface area contributed by atoms with E-state index in [0.717, 1.165) is 22.7 Å². The fourth-order valence-corrected chi connectivity index (χ4v) is 2.10. The van der Waals surface area contributed by atoms with Gasteiger partial charge in [-0.2, -0.15) is 0 Å². The summed E-state index contributed by atoms with van der Waals surface area (Å²) >= 11 is 0. The molecule has 0 aliphatic rings. The molecule has 3 N–H and O–H groups in total. The van der Waals surface area contributed by atoms with E-state index in [1.807, 2.05) is 69.3 Å². The van der Waals surface area contributed by atoms with Crippen LogP contribution in [0.2, 0.25) is 0 Å². The van der Waals surface area contributed by atoms with Crippen LogP contribution < -0.4 is 20.5 Å². The molecule has 5 nitrogen and oxygen atoms in total. The molecule has 0 heterocycles. The van der Waals surface area contributed by atoms with E-state index in [1.54, 1.807) is 7.11 Å². The highest BCUT2D eigenvalue weighted by molar-refractivity contribution is 14.0. The van der Waals surface area contributed by atoms with Crippen molar-refractivity contribution in [2.75, 3.05) is 12.4 Å². The fraction of sp³-hybridized carbons (Fsp3) is 0.316. The van der Waals surface area contributed by atoms with Crippen molar-refractivity contribution < 1.29 is 9.47 Å². The van der Waals surface area contributed by atoms with E-state index >= 15 is 0 Å². The lowest BCUT2D eigenvalue weighted by Crippen LogP contribution is -2.24. The first-order valence-corrected chi connectivity index (χ1v) is 7.85. The van der Waals surface area contributed by atoms with E-state index in [2.05, 4.69) is 10.3 Å². The van der Waals surface area contributed by atoms with Gasteiger partial charge in [0.15, 0.2) is 5.96 Å². The van der Waals surface area contributed by atoms with Gasteiger partial charge in [0.2, 0.25) is 0 Å². The Kier molecular flexibility index (Phi) is 8.02. The highest BCUT2D eigenvalue weighted by atomic mass is 127. The Morgan fingerprint density at radius 2 is 1.72 bits per heavy atom. The molecule has 0 unspecified atom stereocenters. The summed E-state index contributed by atoms with van der Waals surface area (Å²) in [6.07, 6.45) is 0. The highest BCUT2D eigenvalue weighted by Crippen LogP contribution is 2.23. The number of ether oxygens (including phenoxy) is 2. The molecule has 0 amide bonds. The second-order valence-corrected chi connectivity index (χ2v) is 6.38. The van der Waals surface area contributed by atoms with Crippen LogP contribution in [0.4, 0.5) is 5.69 Å². The number of methoxy groups -OCH3 is 1. The second-order valence-electron chi connectivity index (χ2n) is 6.38. The lowest BCUT2D eigenvalue weighted by molar-refractivity contribution is 0.129. The molecular weight excluding hydrogens is 429 g/mol. The number of rotatable bonds is 5. The summed E-state index contributed by atoms with van der Waals surface area (Å²) in [7, 11) is 1.63. The molecule has 0 fully saturated rings. The summed E-state index contributed by atoms with van der Waals surface area (Å²) < 4.78 is 11.1. The summed E-state index contributed by atoms with van der Waals surface area (Å²) in [6.45, 7) is 6.51. The molecule has 0 atom stereocenters. The Balaban J connectivity index is 0.00000312. The van der Waals surface area contributed by atoms with Crippen molar-refractivity contribution in [2.24, 2.45) is 10.7 Å². The Bertz CT molecular complexity index is 695. The summed E-state index contributed by atoms with van der Waals surface area (Å²) in [6, 6.07) is 15.4. The van der Waals surface area contributed by atoms with Crippen LogP contribution in [0, 0.1) is 0 Å². The van der Waals surface area contributed by atoms with Gasteiger partial charge in [-0.15, -0.1) is 24.0 Å². The third-order valence-electron chi connectivity index (χ3n) is 3.17. The zero-order valence-electron chi connectivity index (χ0n) is 15.1. The van der Waals surface area contributed by atoms with Crippen LogP contribution in [0.15, 0.2) is 53.5 Å². The number of nitrogens with zero attached hydrogens (tertiary/aromatic N) is 1. The Morgan fingerprint density at radius 1 is 1.08 bits per heavy atom. The lowest BCUT2D eigenvalue weighted by atomic mass is 10.1. The highest BCUT2D eigenvalue weighted by Gasteiger charge is 2.14. The van der Waals surface area contributed by atoms with Gasteiger partial charge >= 0.3 is 0 Å². The molecule has 0 saturated heterocycles. The lowest BCUT2D eigenvalue weighted by Gasteiger charge is -2.23. The van der Waals surface area contributed by atoms with Crippen molar-refractivity contribution in [1.82, 2.24) is 0 Å². The predicted molar refractivity (Wildman–Crippen MR) is 114 cm³/mol. The number of hydrogen-bond acceptors (Lipinski definition) is 3. The van der Waals surface area contributed by atoms with Gasteiger partial charge in [0.25, 0.3) is 0 Å². The van der Waals surface area contributed by atoms with Crippen LogP contribution in [-0.4, -0.2) is 18.7 Å². The molecule has 0 spiro atoms. The number of nitrogens with two attached hydrogens (primary N) is 1. The molecule has 0 aliphatic heterocycles. The number of anilines is 1. The summed E-state index contributed by atoms with van der Waals surface area (Å²) in [4.78, 5) is 4.40. The monoisotopic (exact) mass is 455 g/mol. The van der Waals surface area contributed by atoms with Crippen molar-refractivity contribution in [2.45, 2.75) is 32.9 Å². The molecule has 6 heteroatoms. The maximum absolute atomic E-state index is 5.97. The minimum atomic E-state index is -0.257. The summed E-state index contributed by atoms with van der Waals surface area (Å²) in [5, 5.41) is 3.06. The molecule has 2 rings (SSSR count). The normalized spacial score (nSPS) is 11.4. The Hall–Kier alpha value is -1.96. The molecule has 0 saturated carbocycles. The van der Waals surface area contributed by atoms with Gasteiger partial charge in [-0.3, -0.25) is 0 Å². The van der Waals surface area contributed by atoms with E-state index < -0.39 is 0 Å². The molecule has 25 heavy (non-hydrogen) atoms. The van der Waals surface area contributed by atoms with Gasteiger partial charge < -0.3 is 20.5 Å². The largest absolute Gasteiger partial charge is 0.497 e. The maximum Gasteiger partial charge on any atom is 0.193 e. The third-order valence-corrected chi connectivity index (χ3v) is 3.17. The molecule has 2 aromatic carbocycles. The quantitative estimate of drug-likeness (QED) is 0.398. The molecule has 136 valence electrons. The molecule has 0 radical (unpaired) electrons. The molecule has 0 aliphatic carbocycles. The number of halogens is 1. The number of benzene rings is 2. The first kappa shape index (κ1) is 21.1. The topological polar surface area (TPSA) is 68.9 Å². The van der Waals surface area contributed by atoms with E-state index in [4.69, 9.17) is 15.2 Å². The number of nitrogens with one attached hydrogen (secondary N) is 1. The van der Waals surface area contributed by atoms with Crippen molar-refractivity contribution in [3.05, 3.63) is 54.1 Å². The Morgan fingerprint density at radius 3 is 2.32 bits per heavy atom. The molecular formula is C19H26IN3O2. The second kappa shape index (κ2) is 9.50. The number of para-hydroxylation sites is 1. The number of guanidine groups is 1. The zero-order valence-corrected chi connectivity index (χ0v) is 17.4. The minimum Gasteiger partial charge on any atom is -0.497 e. The van der Waals surface area contributed by atoms with Crippen molar-refractivity contribution in [3.8, 4) is 11.5 Å². The average molecular weight is 455 g/mol. The van der Waals surface area contributed by atoms with Crippen LogP contribution in [0.3, 0.4) is 0 Å². The smallest absolute Gasteiger partial charge is 0.193 e. The van der Waals surface area contributed by atoms with Crippen LogP contribution in [0.5, 0.6) is 11.5 Å². The van der Waals surface area contributed by atoms with Gasteiger partial charge in [-0.25, -0.2) is 4.99 Å². The maximum atomic E-state index is 5.97. The van der Waals surface area contributed by atoms with Crippen molar-refractivity contribution >= 4 is 35.6 Å². The van der Waals surface area contributed by atoms with E-state index in [1.165, 1.54) is 0 Å². The molecule has 0 aromatic heterocycles. The molecule has 2 aromatic rings. The SMILES string of the molecule is COc1ccc(NC(N)=NCc2ccccc2OC(C)(C)C)cc1.I. The Labute approximate surface area is 166 Å². The first-order chi connectivity index (χ1) is 11.4. The van der Waals surface area contributed by atoms with E-state index in [0.29, 0.717) is 12.5 Å². The zero-order chi connectivity index (χ0) is 17.6. The number of aliphatic imine (C=N–C) groups is 1. The summed E-state index contributed by atoms with van der Waals surface area (Å²) in [5.41, 5.74) is 7.56. The van der Waals surface area contributed by atoms with E-state index in [9.17, 15) is 0 Å². The van der Waals surface area contributed by atoms with Crippen molar-refractivity contribution in [1.29, 1.82) is 0 Å². The van der Waals surface area contributed by atoms with Crippen molar-refractivity contribution in [3.63, 3.8) is 0 Å². The standard InChI is InChI=1S/C19H25N3O2.HI/c1-19(2,3)24-17-8-6-5-7-14(17)13-21-18(20)22-15-9-11-16(23-4)12-10-15;/h5-12H,13H2,1-4H3,(H3,20,21,22);1H. The summed E-state index contributed by atoms with van der Waals surface area (Å²) in [5.74, 6) is 1.97. The van der Waals surface area contributed by atoms with Gasteiger partial charge in [0, 0.05) is 11.3 Å². The van der Waals surface area contributed by atoms with Crippen LogP contribution >= 0.6 is 24.0 Å². The fourth-order valence-electron chi connectivity index (χ4n) is 2.10. The van der Waals surface area contributed by atoms with Gasteiger partial charge in [0.05, 0.1) is 13.7 Å². The van der Waals surface area contributed by atoms with Gasteiger partial charge in [0.1, 0.15) is 17.1 Å². The van der Waals surface area contributed by atoms with Crippen LogP contribution in [0.25, 0.3) is 0 Å². The van der Waals surface area contributed by atoms with Gasteiger partial charge in [-0.1, -0.05) is 18.2 Å². The van der Waals surface area contributed by atoms with E-state index in [-0.39, 0.29) is 29.6 Å².